The van der Waals surface area contributed by atoms with Gasteiger partial charge in [-0.3, -0.25) is 0 Å². The minimum Gasteiger partial charge on any atom is -0.381 e. The molecule has 0 saturated heterocycles. The smallest absolute Gasteiger partial charge is 0.0494 e. The third kappa shape index (κ3) is 3.52. The molecule has 1 rings (SSSR count). The second-order valence-electron chi connectivity index (χ2n) is 2.73. The van der Waals surface area contributed by atoms with E-state index in [0.29, 0.717) is 0 Å². The summed E-state index contributed by atoms with van der Waals surface area (Å²) in [4.78, 5) is 0. The second kappa shape index (κ2) is 3.89. The van der Waals surface area contributed by atoms with Crippen molar-refractivity contribution < 1.29 is 4.74 Å². The standard InChI is InChI=1S/C8H15O/c1-2-3-6-9-7-8-4-5-8/h8H,1-7H2. The zero-order chi connectivity index (χ0) is 6.53. The number of hydrogen-bond donors (Lipinski definition) is 0. The number of unbranched alkanes of at least 4 members (excludes halogenated alkanes) is 1. The van der Waals surface area contributed by atoms with E-state index in [9.17, 15) is 0 Å². The van der Waals surface area contributed by atoms with Crippen LogP contribution >= 0.6 is 0 Å². The van der Waals surface area contributed by atoms with E-state index in [-0.39, 0.29) is 0 Å². The molecule has 1 fully saturated rings. The lowest BCUT2D eigenvalue weighted by Crippen LogP contribution is -1.97. The van der Waals surface area contributed by atoms with Gasteiger partial charge in [0.1, 0.15) is 0 Å². The van der Waals surface area contributed by atoms with Crippen molar-refractivity contribution in [2.45, 2.75) is 25.7 Å². The highest BCUT2D eigenvalue weighted by atomic mass is 16.5. The van der Waals surface area contributed by atoms with Crippen LogP contribution in [0.5, 0.6) is 0 Å². The third-order valence-electron chi connectivity index (χ3n) is 1.59. The van der Waals surface area contributed by atoms with E-state index in [1.54, 1.807) is 0 Å². The summed E-state index contributed by atoms with van der Waals surface area (Å²) in [5, 5.41) is 0. The molecule has 1 nitrogen and oxygen atoms in total. The molecule has 0 aliphatic heterocycles. The van der Waals surface area contributed by atoms with Gasteiger partial charge in [0.25, 0.3) is 0 Å². The summed E-state index contributed by atoms with van der Waals surface area (Å²) in [6.45, 7) is 5.65. The Morgan fingerprint density at radius 1 is 1.44 bits per heavy atom. The molecule has 1 radical (unpaired) electrons. The van der Waals surface area contributed by atoms with Crippen LogP contribution in [0.1, 0.15) is 25.7 Å². The molecule has 0 spiro atoms. The van der Waals surface area contributed by atoms with E-state index in [0.717, 1.165) is 32.0 Å². The highest BCUT2D eigenvalue weighted by molar-refractivity contribution is 4.71. The van der Waals surface area contributed by atoms with Crippen molar-refractivity contribution in [3.8, 4) is 0 Å². The van der Waals surface area contributed by atoms with Crippen molar-refractivity contribution in [1.82, 2.24) is 0 Å². The van der Waals surface area contributed by atoms with Crippen molar-refractivity contribution in [2.24, 2.45) is 5.92 Å². The Balaban J connectivity index is 1.71. The van der Waals surface area contributed by atoms with Gasteiger partial charge in [0.05, 0.1) is 0 Å². The first kappa shape index (κ1) is 7.07. The van der Waals surface area contributed by atoms with Gasteiger partial charge >= 0.3 is 0 Å². The summed E-state index contributed by atoms with van der Waals surface area (Å²) < 4.78 is 5.36. The molecule has 0 aromatic rings. The van der Waals surface area contributed by atoms with Crippen LogP contribution in [0, 0.1) is 12.8 Å². The second-order valence-corrected chi connectivity index (χ2v) is 2.73. The van der Waals surface area contributed by atoms with E-state index in [1.165, 1.54) is 12.8 Å². The van der Waals surface area contributed by atoms with Crippen LogP contribution in [-0.4, -0.2) is 13.2 Å². The lowest BCUT2D eigenvalue weighted by Gasteiger charge is -1.99. The maximum absolute atomic E-state index is 5.36. The van der Waals surface area contributed by atoms with Crippen molar-refractivity contribution in [3.05, 3.63) is 6.92 Å². The summed E-state index contributed by atoms with van der Waals surface area (Å²) >= 11 is 0. The fourth-order valence-corrected chi connectivity index (χ4v) is 0.739. The molecular weight excluding hydrogens is 112 g/mol. The van der Waals surface area contributed by atoms with E-state index in [4.69, 9.17) is 4.74 Å². The third-order valence-corrected chi connectivity index (χ3v) is 1.59. The van der Waals surface area contributed by atoms with E-state index >= 15 is 0 Å². The predicted octanol–water partition coefficient (Wildman–Crippen LogP) is 2.03. The Morgan fingerprint density at radius 3 is 2.78 bits per heavy atom. The van der Waals surface area contributed by atoms with Gasteiger partial charge in [0, 0.05) is 13.2 Å². The Bertz CT molecular complexity index is 67.0. The minimum atomic E-state index is 0.912. The lowest BCUT2D eigenvalue weighted by atomic mass is 10.4. The summed E-state index contributed by atoms with van der Waals surface area (Å²) in [5.74, 6) is 0.912. The monoisotopic (exact) mass is 127 g/mol. The fourth-order valence-electron chi connectivity index (χ4n) is 0.739. The van der Waals surface area contributed by atoms with Crippen LogP contribution in [0.4, 0.5) is 0 Å². The number of rotatable bonds is 5. The normalized spacial score (nSPS) is 18.3. The Kier molecular flexibility index (Phi) is 3.05. The molecule has 0 bridgehead atoms. The van der Waals surface area contributed by atoms with Gasteiger partial charge in [-0.2, -0.15) is 0 Å². The van der Waals surface area contributed by atoms with Gasteiger partial charge in [-0.1, -0.05) is 13.3 Å². The summed E-state index contributed by atoms with van der Waals surface area (Å²) in [5.41, 5.74) is 0. The first-order chi connectivity index (χ1) is 4.43. The Labute approximate surface area is 57.4 Å². The zero-order valence-electron chi connectivity index (χ0n) is 5.94. The first-order valence-electron chi connectivity index (χ1n) is 3.80. The van der Waals surface area contributed by atoms with Gasteiger partial charge in [-0.05, 0) is 25.2 Å². The van der Waals surface area contributed by atoms with E-state index in [1.807, 2.05) is 0 Å². The average Bonchev–Trinajstić information content (AvgIpc) is 2.63. The summed E-state index contributed by atoms with van der Waals surface area (Å²) in [6.07, 6.45) is 4.91. The molecule has 1 saturated carbocycles. The number of ether oxygens (including phenoxy) is 1. The molecule has 9 heavy (non-hydrogen) atoms. The Hall–Kier alpha value is -0.0400. The maximum atomic E-state index is 5.36. The van der Waals surface area contributed by atoms with Crippen molar-refractivity contribution in [2.75, 3.05) is 13.2 Å². The minimum absolute atomic E-state index is 0.912. The highest BCUT2D eigenvalue weighted by Crippen LogP contribution is 2.28. The van der Waals surface area contributed by atoms with Gasteiger partial charge in [-0.15, -0.1) is 0 Å². The van der Waals surface area contributed by atoms with E-state index < -0.39 is 0 Å². The molecule has 0 heterocycles. The predicted molar refractivity (Wildman–Crippen MR) is 38.1 cm³/mol. The van der Waals surface area contributed by atoms with Crippen LogP contribution in [-0.2, 0) is 4.74 Å². The van der Waals surface area contributed by atoms with Crippen LogP contribution < -0.4 is 0 Å². The molecule has 1 aliphatic rings. The fraction of sp³-hybridized carbons (Fsp3) is 0.875. The molecule has 0 aromatic carbocycles. The average molecular weight is 127 g/mol. The molecular formula is C8H15O. The molecule has 0 N–H and O–H groups in total. The molecule has 1 aliphatic carbocycles. The first-order valence-corrected chi connectivity index (χ1v) is 3.80. The topological polar surface area (TPSA) is 9.23 Å². The quantitative estimate of drug-likeness (QED) is 0.513. The maximum Gasteiger partial charge on any atom is 0.0494 e. The largest absolute Gasteiger partial charge is 0.381 e. The summed E-state index contributed by atoms with van der Waals surface area (Å²) in [6, 6.07) is 0. The molecule has 0 aromatic heterocycles. The lowest BCUT2D eigenvalue weighted by molar-refractivity contribution is 0.122. The highest BCUT2D eigenvalue weighted by Gasteiger charge is 2.20. The number of hydrogen-bond acceptors (Lipinski definition) is 1. The van der Waals surface area contributed by atoms with Crippen LogP contribution in [0.3, 0.4) is 0 Å². The van der Waals surface area contributed by atoms with Gasteiger partial charge in [0.2, 0.25) is 0 Å². The van der Waals surface area contributed by atoms with Crippen molar-refractivity contribution in [3.63, 3.8) is 0 Å². The van der Waals surface area contributed by atoms with Crippen LogP contribution in [0.15, 0.2) is 0 Å². The zero-order valence-corrected chi connectivity index (χ0v) is 5.94. The van der Waals surface area contributed by atoms with E-state index in [2.05, 4.69) is 6.92 Å². The molecule has 0 unspecified atom stereocenters. The van der Waals surface area contributed by atoms with Crippen molar-refractivity contribution in [1.29, 1.82) is 0 Å². The van der Waals surface area contributed by atoms with Gasteiger partial charge < -0.3 is 4.74 Å². The Morgan fingerprint density at radius 2 is 2.22 bits per heavy atom. The van der Waals surface area contributed by atoms with Gasteiger partial charge in [0.15, 0.2) is 0 Å². The summed E-state index contributed by atoms with van der Waals surface area (Å²) in [7, 11) is 0. The molecule has 0 amide bonds. The van der Waals surface area contributed by atoms with Crippen molar-refractivity contribution >= 4 is 0 Å². The molecule has 0 atom stereocenters. The van der Waals surface area contributed by atoms with Crippen LogP contribution in [0.2, 0.25) is 0 Å². The van der Waals surface area contributed by atoms with Crippen LogP contribution in [0.25, 0.3) is 0 Å². The SMILES string of the molecule is [CH2]CCCOCC1CC1. The van der Waals surface area contributed by atoms with Gasteiger partial charge in [-0.25, -0.2) is 0 Å². The molecule has 1 heteroatoms. The molecule has 53 valence electrons.